The summed E-state index contributed by atoms with van der Waals surface area (Å²) in [4.78, 5) is 0. The third-order valence-corrected chi connectivity index (χ3v) is 1.79. The Kier molecular flexibility index (Phi) is 4.19. The highest BCUT2D eigenvalue weighted by atomic mass is 16.5. The van der Waals surface area contributed by atoms with E-state index in [2.05, 4.69) is 0 Å². The first-order valence-electron chi connectivity index (χ1n) is 5.49. The molecule has 1 N–H and O–H groups in total. The van der Waals surface area contributed by atoms with E-state index in [0.29, 0.717) is 0 Å². The number of aliphatic hydroxyl groups is 1. The zero-order chi connectivity index (χ0) is 12.2. The summed E-state index contributed by atoms with van der Waals surface area (Å²) in [5, 5.41) is 9.50. The van der Waals surface area contributed by atoms with Crippen molar-refractivity contribution in [2.45, 2.75) is 39.4 Å². The van der Waals surface area contributed by atoms with Crippen LogP contribution in [0.4, 0.5) is 0 Å². The van der Waals surface area contributed by atoms with Crippen molar-refractivity contribution >= 4 is 0 Å². The van der Waals surface area contributed by atoms with Gasteiger partial charge in [0.15, 0.2) is 0 Å². The van der Waals surface area contributed by atoms with E-state index in [1.807, 2.05) is 38.1 Å². The van der Waals surface area contributed by atoms with Crippen molar-refractivity contribution in [3.63, 3.8) is 0 Å². The third kappa shape index (κ3) is 5.03. The van der Waals surface area contributed by atoms with E-state index in [9.17, 15) is 5.11 Å². The summed E-state index contributed by atoms with van der Waals surface area (Å²) < 4.78 is 10.9. The van der Waals surface area contributed by atoms with Crippen molar-refractivity contribution in [1.82, 2.24) is 0 Å². The van der Waals surface area contributed by atoms with Crippen LogP contribution in [0.5, 0.6) is 11.5 Å². The van der Waals surface area contributed by atoms with Crippen LogP contribution < -0.4 is 9.47 Å². The molecule has 0 saturated carbocycles. The highest BCUT2D eigenvalue weighted by Gasteiger charge is 2.13. The highest BCUT2D eigenvalue weighted by molar-refractivity contribution is 5.31. The van der Waals surface area contributed by atoms with E-state index in [1.165, 1.54) is 0 Å². The molecule has 0 amide bonds. The van der Waals surface area contributed by atoms with Gasteiger partial charge in [0, 0.05) is 0 Å². The van der Waals surface area contributed by atoms with Crippen LogP contribution in [0.25, 0.3) is 0 Å². The number of rotatable bonds is 5. The van der Waals surface area contributed by atoms with Crippen molar-refractivity contribution in [1.29, 1.82) is 0 Å². The smallest absolute Gasteiger partial charge is 0.119 e. The van der Waals surface area contributed by atoms with Crippen LogP contribution >= 0.6 is 0 Å². The Morgan fingerprint density at radius 3 is 2.06 bits per heavy atom. The molecule has 1 aromatic carbocycles. The average molecular weight is 224 g/mol. The zero-order valence-corrected chi connectivity index (χ0v) is 10.4. The largest absolute Gasteiger partial charge is 0.491 e. The summed E-state index contributed by atoms with van der Waals surface area (Å²) >= 11 is 0. The van der Waals surface area contributed by atoms with Gasteiger partial charge in [0.25, 0.3) is 0 Å². The van der Waals surface area contributed by atoms with Crippen molar-refractivity contribution in [2.24, 2.45) is 0 Å². The van der Waals surface area contributed by atoms with Gasteiger partial charge in [-0.2, -0.15) is 0 Å². The maximum atomic E-state index is 9.50. The van der Waals surface area contributed by atoms with E-state index in [0.717, 1.165) is 11.5 Å². The molecule has 0 fully saturated rings. The van der Waals surface area contributed by atoms with Crippen molar-refractivity contribution in [2.75, 3.05) is 6.61 Å². The van der Waals surface area contributed by atoms with Crippen LogP contribution in [0.1, 0.15) is 27.7 Å². The fraction of sp³-hybridized carbons (Fsp3) is 0.538. The van der Waals surface area contributed by atoms with Crippen LogP contribution in [0.3, 0.4) is 0 Å². The van der Waals surface area contributed by atoms with E-state index in [4.69, 9.17) is 9.47 Å². The Morgan fingerprint density at radius 2 is 1.62 bits per heavy atom. The number of hydrogen-bond acceptors (Lipinski definition) is 3. The van der Waals surface area contributed by atoms with Gasteiger partial charge in [0.05, 0.1) is 11.7 Å². The number of ether oxygens (including phenoxy) is 2. The Bertz CT molecular complexity index is 309. The second kappa shape index (κ2) is 5.21. The molecule has 16 heavy (non-hydrogen) atoms. The van der Waals surface area contributed by atoms with Gasteiger partial charge in [-0.1, -0.05) is 0 Å². The van der Waals surface area contributed by atoms with Gasteiger partial charge in [-0.3, -0.25) is 0 Å². The van der Waals surface area contributed by atoms with Crippen molar-refractivity contribution < 1.29 is 14.6 Å². The second-order valence-electron chi connectivity index (χ2n) is 4.74. The SMILES string of the molecule is CC(C)Oc1ccc(OCC(C)(C)O)cc1. The fourth-order valence-electron chi connectivity index (χ4n) is 1.15. The predicted molar refractivity (Wildman–Crippen MR) is 64.0 cm³/mol. The molecule has 90 valence electrons. The zero-order valence-electron chi connectivity index (χ0n) is 10.4. The average Bonchev–Trinajstić information content (AvgIpc) is 2.14. The maximum Gasteiger partial charge on any atom is 0.119 e. The molecule has 0 heterocycles. The second-order valence-corrected chi connectivity index (χ2v) is 4.74. The van der Waals surface area contributed by atoms with E-state index in [-0.39, 0.29) is 12.7 Å². The topological polar surface area (TPSA) is 38.7 Å². The molecular formula is C13H20O3. The van der Waals surface area contributed by atoms with Crippen LogP contribution in [-0.4, -0.2) is 23.4 Å². The third-order valence-electron chi connectivity index (χ3n) is 1.79. The van der Waals surface area contributed by atoms with Gasteiger partial charge in [0.1, 0.15) is 18.1 Å². The van der Waals surface area contributed by atoms with Gasteiger partial charge in [-0.15, -0.1) is 0 Å². The van der Waals surface area contributed by atoms with Crippen LogP contribution in [0.2, 0.25) is 0 Å². The number of benzene rings is 1. The predicted octanol–water partition coefficient (Wildman–Crippen LogP) is 2.62. The van der Waals surface area contributed by atoms with Crippen LogP contribution in [-0.2, 0) is 0 Å². The van der Waals surface area contributed by atoms with Crippen molar-refractivity contribution in [3.8, 4) is 11.5 Å². The van der Waals surface area contributed by atoms with Crippen molar-refractivity contribution in [3.05, 3.63) is 24.3 Å². The Labute approximate surface area is 97.0 Å². The number of hydrogen-bond donors (Lipinski definition) is 1. The molecule has 0 bridgehead atoms. The van der Waals surface area contributed by atoms with Crippen LogP contribution in [0, 0.1) is 0 Å². The lowest BCUT2D eigenvalue weighted by Crippen LogP contribution is -2.27. The Balaban J connectivity index is 2.51. The monoisotopic (exact) mass is 224 g/mol. The standard InChI is InChI=1S/C13H20O3/c1-10(2)16-12-7-5-11(6-8-12)15-9-13(3,4)14/h5-8,10,14H,9H2,1-4H3. The normalized spacial score (nSPS) is 11.6. The molecular weight excluding hydrogens is 204 g/mol. The maximum absolute atomic E-state index is 9.50. The van der Waals surface area contributed by atoms with E-state index >= 15 is 0 Å². The van der Waals surface area contributed by atoms with Gasteiger partial charge >= 0.3 is 0 Å². The van der Waals surface area contributed by atoms with Gasteiger partial charge in [0.2, 0.25) is 0 Å². The Hall–Kier alpha value is -1.22. The molecule has 0 aliphatic heterocycles. The van der Waals surface area contributed by atoms with E-state index < -0.39 is 5.60 Å². The molecule has 0 radical (unpaired) electrons. The summed E-state index contributed by atoms with van der Waals surface area (Å²) in [6, 6.07) is 7.40. The summed E-state index contributed by atoms with van der Waals surface area (Å²) in [5.74, 6) is 1.56. The van der Waals surface area contributed by atoms with Gasteiger partial charge in [-0.05, 0) is 52.0 Å². The minimum Gasteiger partial charge on any atom is -0.491 e. The molecule has 1 rings (SSSR count). The van der Waals surface area contributed by atoms with Gasteiger partial charge in [-0.25, -0.2) is 0 Å². The van der Waals surface area contributed by atoms with Crippen LogP contribution in [0.15, 0.2) is 24.3 Å². The summed E-state index contributed by atoms with van der Waals surface area (Å²) in [6.45, 7) is 7.67. The minimum absolute atomic E-state index is 0.170. The molecule has 0 aromatic heterocycles. The Morgan fingerprint density at radius 1 is 1.12 bits per heavy atom. The lowest BCUT2D eigenvalue weighted by Gasteiger charge is -2.18. The summed E-state index contributed by atoms with van der Waals surface area (Å²) in [7, 11) is 0. The molecule has 0 aliphatic rings. The van der Waals surface area contributed by atoms with E-state index in [1.54, 1.807) is 13.8 Å². The first-order valence-corrected chi connectivity index (χ1v) is 5.49. The summed E-state index contributed by atoms with van der Waals surface area (Å²) in [6.07, 6.45) is 0.170. The molecule has 3 nitrogen and oxygen atoms in total. The molecule has 0 aliphatic carbocycles. The lowest BCUT2D eigenvalue weighted by atomic mass is 10.2. The molecule has 0 saturated heterocycles. The fourth-order valence-corrected chi connectivity index (χ4v) is 1.15. The molecule has 0 spiro atoms. The molecule has 0 atom stereocenters. The highest BCUT2D eigenvalue weighted by Crippen LogP contribution is 2.19. The lowest BCUT2D eigenvalue weighted by molar-refractivity contribution is 0.0285. The molecule has 0 unspecified atom stereocenters. The molecule has 1 aromatic rings. The minimum atomic E-state index is -0.812. The first-order chi connectivity index (χ1) is 7.37. The quantitative estimate of drug-likeness (QED) is 0.835. The molecule has 3 heteroatoms. The summed E-state index contributed by atoms with van der Waals surface area (Å²) in [5.41, 5.74) is -0.812. The van der Waals surface area contributed by atoms with Gasteiger partial charge < -0.3 is 14.6 Å². The first kappa shape index (κ1) is 12.8.